The van der Waals surface area contributed by atoms with Gasteiger partial charge in [-0.2, -0.15) is 5.10 Å². The minimum atomic E-state index is -0.312. The molecule has 1 aliphatic rings. The Morgan fingerprint density at radius 1 is 1.21 bits per heavy atom. The van der Waals surface area contributed by atoms with Crippen molar-refractivity contribution in [3.05, 3.63) is 64.5 Å². The van der Waals surface area contributed by atoms with Crippen molar-refractivity contribution in [2.75, 3.05) is 0 Å². The van der Waals surface area contributed by atoms with Crippen molar-refractivity contribution in [3.8, 4) is 11.3 Å². The Hall–Kier alpha value is -2.93. The Labute approximate surface area is 173 Å². The van der Waals surface area contributed by atoms with Crippen LogP contribution in [0.5, 0.6) is 0 Å². The Morgan fingerprint density at radius 3 is 2.79 bits per heavy atom. The van der Waals surface area contributed by atoms with Gasteiger partial charge >= 0.3 is 0 Å². The van der Waals surface area contributed by atoms with Crippen LogP contribution < -0.4 is 10.6 Å². The molecular weight excluding hydrogens is 384 g/mol. The van der Waals surface area contributed by atoms with Crippen LogP contribution in [-0.2, 0) is 22.6 Å². The van der Waals surface area contributed by atoms with Gasteiger partial charge in [0.1, 0.15) is 0 Å². The van der Waals surface area contributed by atoms with Crippen molar-refractivity contribution in [1.82, 2.24) is 20.8 Å². The Morgan fingerprint density at radius 2 is 2.07 bits per heavy atom. The number of H-pyrrole nitrogens is 1. The third kappa shape index (κ3) is 4.92. The number of aromatic amines is 1. The van der Waals surface area contributed by atoms with Crippen molar-refractivity contribution in [3.63, 3.8) is 0 Å². The predicted molar refractivity (Wildman–Crippen MR) is 113 cm³/mol. The first-order chi connectivity index (χ1) is 14.1. The van der Waals surface area contributed by atoms with Gasteiger partial charge in [0.2, 0.25) is 11.8 Å². The summed E-state index contributed by atoms with van der Waals surface area (Å²) in [6, 6.07) is 16.0. The van der Waals surface area contributed by atoms with Crippen LogP contribution in [0.15, 0.2) is 53.9 Å². The first-order valence-corrected chi connectivity index (χ1v) is 10.7. The van der Waals surface area contributed by atoms with E-state index in [-0.39, 0.29) is 17.4 Å². The van der Waals surface area contributed by atoms with E-state index in [4.69, 9.17) is 0 Å². The molecule has 2 amide bonds. The highest BCUT2D eigenvalue weighted by Gasteiger charge is 2.38. The second-order valence-electron chi connectivity index (χ2n) is 7.51. The van der Waals surface area contributed by atoms with Crippen LogP contribution in [0.4, 0.5) is 0 Å². The van der Waals surface area contributed by atoms with Crippen molar-refractivity contribution in [1.29, 1.82) is 0 Å². The number of hydrogen-bond acceptors (Lipinski definition) is 4. The molecule has 3 N–H and O–H groups in total. The molecule has 3 aromatic rings. The normalized spacial score (nSPS) is 18.6. The monoisotopic (exact) mass is 408 g/mol. The zero-order chi connectivity index (χ0) is 20.1. The summed E-state index contributed by atoms with van der Waals surface area (Å²) in [5.41, 5.74) is 2.44. The molecule has 1 aromatic carbocycles. The van der Waals surface area contributed by atoms with Gasteiger partial charge in [0.05, 0.1) is 17.9 Å². The van der Waals surface area contributed by atoms with E-state index in [2.05, 4.69) is 26.9 Å². The average Bonchev–Trinajstić information content (AvgIpc) is 3.48. The van der Waals surface area contributed by atoms with Gasteiger partial charge in [-0.15, -0.1) is 11.3 Å². The van der Waals surface area contributed by atoms with E-state index in [1.807, 2.05) is 47.8 Å². The summed E-state index contributed by atoms with van der Waals surface area (Å²) in [6.07, 6.45) is 3.11. The fraction of sp³-hybridized carbons (Fsp3) is 0.318. The highest BCUT2D eigenvalue weighted by atomic mass is 32.1. The van der Waals surface area contributed by atoms with Crippen LogP contribution in [-0.4, -0.2) is 27.6 Å². The Bertz CT molecular complexity index is 968. The minimum absolute atomic E-state index is 0.0208. The summed E-state index contributed by atoms with van der Waals surface area (Å²) in [6.45, 7) is 0.406. The molecule has 150 valence electrons. The molecule has 29 heavy (non-hydrogen) atoms. The number of rotatable bonds is 8. The second-order valence-corrected chi connectivity index (χ2v) is 8.54. The van der Waals surface area contributed by atoms with Gasteiger partial charge in [-0.05, 0) is 30.4 Å². The topological polar surface area (TPSA) is 86.9 Å². The van der Waals surface area contributed by atoms with Crippen molar-refractivity contribution in [2.45, 2.75) is 44.2 Å². The van der Waals surface area contributed by atoms with E-state index in [1.54, 1.807) is 11.3 Å². The number of carbonyl (C=O) groups is 2. The molecule has 0 bridgehead atoms. The van der Waals surface area contributed by atoms with Gasteiger partial charge in [-0.3, -0.25) is 14.7 Å². The quantitative estimate of drug-likeness (QED) is 0.534. The van der Waals surface area contributed by atoms with Crippen LogP contribution in [0.2, 0.25) is 0 Å². The summed E-state index contributed by atoms with van der Waals surface area (Å²) in [4.78, 5) is 25.5. The molecule has 1 fully saturated rings. The zero-order valence-corrected chi connectivity index (χ0v) is 16.9. The molecule has 0 aliphatic carbocycles. The van der Waals surface area contributed by atoms with E-state index < -0.39 is 0 Å². The van der Waals surface area contributed by atoms with E-state index in [9.17, 15) is 9.59 Å². The highest BCUT2D eigenvalue weighted by Crippen LogP contribution is 2.31. The number of thiophene rings is 1. The van der Waals surface area contributed by atoms with Crippen molar-refractivity contribution in [2.24, 2.45) is 0 Å². The molecular formula is C22H24N4O2S. The van der Waals surface area contributed by atoms with Crippen LogP contribution in [0.3, 0.4) is 0 Å². The number of carbonyl (C=O) groups excluding carboxylic acids is 2. The third-order valence-electron chi connectivity index (χ3n) is 5.34. The highest BCUT2D eigenvalue weighted by molar-refractivity contribution is 7.09. The molecule has 4 rings (SSSR count). The van der Waals surface area contributed by atoms with E-state index >= 15 is 0 Å². The largest absolute Gasteiger partial charge is 0.350 e. The maximum absolute atomic E-state index is 12.4. The standard InChI is InChI=1S/C22H24N4O2S/c27-20(23-15-17-13-19(26-25-17)16-5-2-1-3-6-16)8-10-22(11-9-21(28)24-22)14-18-7-4-12-29-18/h1-7,12-13H,8-11,14-15H2,(H,23,27)(H,24,28)(H,25,26). The molecule has 2 aromatic heterocycles. The lowest BCUT2D eigenvalue weighted by atomic mass is 9.87. The summed E-state index contributed by atoms with van der Waals surface area (Å²) >= 11 is 1.69. The number of hydrogen-bond donors (Lipinski definition) is 3. The Kier molecular flexibility index (Phi) is 5.76. The lowest BCUT2D eigenvalue weighted by Gasteiger charge is -2.28. The van der Waals surface area contributed by atoms with Crippen molar-refractivity contribution >= 4 is 23.2 Å². The fourth-order valence-electron chi connectivity index (χ4n) is 3.77. The maximum Gasteiger partial charge on any atom is 0.220 e. The first kappa shape index (κ1) is 19.4. The van der Waals surface area contributed by atoms with E-state index in [1.165, 1.54) is 4.88 Å². The maximum atomic E-state index is 12.4. The molecule has 7 heteroatoms. The number of nitrogens with zero attached hydrogens (tertiary/aromatic N) is 1. The van der Waals surface area contributed by atoms with Gasteiger partial charge in [0.25, 0.3) is 0 Å². The van der Waals surface area contributed by atoms with E-state index in [0.29, 0.717) is 25.8 Å². The number of aromatic nitrogens is 2. The molecule has 0 saturated carbocycles. The average molecular weight is 409 g/mol. The summed E-state index contributed by atoms with van der Waals surface area (Å²) in [7, 11) is 0. The van der Waals surface area contributed by atoms with Crippen LogP contribution in [0.25, 0.3) is 11.3 Å². The SMILES string of the molecule is O=C(CCC1(Cc2cccs2)CCC(=O)N1)NCc1cc(-c2ccccc2)n[nH]1. The summed E-state index contributed by atoms with van der Waals surface area (Å²) < 4.78 is 0. The number of amides is 2. The molecule has 1 saturated heterocycles. The summed E-state index contributed by atoms with van der Waals surface area (Å²) in [5.74, 6) is 0.0560. The Balaban J connectivity index is 1.30. The lowest BCUT2D eigenvalue weighted by Crippen LogP contribution is -2.44. The van der Waals surface area contributed by atoms with E-state index in [0.717, 1.165) is 29.8 Å². The molecule has 0 radical (unpaired) electrons. The predicted octanol–water partition coefficient (Wildman–Crippen LogP) is 3.43. The van der Waals surface area contributed by atoms with Crippen LogP contribution in [0, 0.1) is 0 Å². The van der Waals surface area contributed by atoms with Gasteiger partial charge in [-0.1, -0.05) is 36.4 Å². The third-order valence-corrected chi connectivity index (χ3v) is 6.21. The zero-order valence-electron chi connectivity index (χ0n) is 16.1. The van der Waals surface area contributed by atoms with Gasteiger partial charge in [0.15, 0.2) is 0 Å². The molecule has 3 heterocycles. The van der Waals surface area contributed by atoms with Gasteiger partial charge < -0.3 is 10.6 Å². The molecule has 1 aliphatic heterocycles. The molecule has 0 spiro atoms. The fourth-order valence-corrected chi connectivity index (χ4v) is 4.62. The molecule has 1 unspecified atom stereocenters. The number of nitrogens with one attached hydrogen (secondary N) is 3. The van der Waals surface area contributed by atoms with Crippen LogP contribution >= 0.6 is 11.3 Å². The second kappa shape index (κ2) is 8.61. The summed E-state index contributed by atoms with van der Waals surface area (Å²) in [5, 5.41) is 15.4. The van der Waals surface area contributed by atoms with Gasteiger partial charge in [-0.25, -0.2) is 0 Å². The van der Waals surface area contributed by atoms with Gasteiger partial charge in [0, 0.05) is 35.2 Å². The van der Waals surface area contributed by atoms with Crippen LogP contribution in [0.1, 0.15) is 36.3 Å². The van der Waals surface area contributed by atoms with Crippen molar-refractivity contribution < 1.29 is 9.59 Å². The lowest BCUT2D eigenvalue weighted by molar-refractivity contribution is -0.122. The smallest absolute Gasteiger partial charge is 0.220 e. The molecule has 6 nitrogen and oxygen atoms in total. The first-order valence-electron chi connectivity index (χ1n) is 9.82. The molecule has 1 atom stereocenters. The number of benzene rings is 1. The minimum Gasteiger partial charge on any atom is -0.350 e.